The predicted molar refractivity (Wildman–Crippen MR) is 90.0 cm³/mol. The molecule has 0 radical (unpaired) electrons. The number of nitrogens with one attached hydrogen (secondary N) is 1. The van der Waals surface area contributed by atoms with Crippen LogP contribution < -0.4 is 5.32 Å². The van der Waals surface area contributed by atoms with Crippen molar-refractivity contribution in [1.29, 1.82) is 0 Å². The third kappa shape index (κ3) is 5.23. The second-order valence-corrected chi connectivity index (χ2v) is 4.82. The molecule has 0 fully saturated rings. The fraction of sp³-hybridized carbons (Fsp3) is 0.167. The SMILES string of the molecule is CNCCON=C(C=Cc1ccc(O)cc1)c1ccccc1F. The van der Waals surface area contributed by atoms with Crippen LogP contribution in [0.2, 0.25) is 0 Å². The Bertz CT molecular complexity index is 682. The van der Waals surface area contributed by atoms with Crippen LogP contribution in [0.3, 0.4) is 0 Å². The van der Waals surface area contributed by atoms with E-state index >= 15 is 0 Å². The zero-order valence-electron chi connectivity index (χ0n) is 12.9. The minimum absolute atomic E-state index is 0.195. The van der Waals surface area contributed by atoms with Crippen LogP contribution in [-0.2, 0) is 4.84 Å². The maximum Gasteiger partial charge on any atom is 0.132 e. The van der Waals surface area contributed by atoms with E-state index in [0.717, 1.165) is 5.56 Å². The molecular weight excluding hydrogens is 295 g/mol. The Balaban J connectivity index is 2.22. The van der Waals surface area contributed by atoms with Crippen LogP contribution in [0.15, 0.2) is 59.8 Å². The predicted octanol–water partition coefficient (Wildman–Crippen LogP) is 3.18. The van der Waals surface area contributed by atoms with E-state index in [1.165, 1.54) is 6.07 Å². The molecule has 0 aliphatic rings. The molecule has 0 aliphatic carbocycles. The average molecular weight is 314 g/mol. The lowest BCUT2D eigenvalue weighted by Gasteiger charge is -2.04. The summed E-state index contributed by atoms with van der Waals surface area (Å²) in [6, 6.07) is 13.1. The Kier molecular flexibility index (Phi) is 6.32. The number of halogens is 1. The number of benzene rings is 2. The van der Waals surface area contributed by atoms with E-state index in [2.05, 4.69) is 10.5 Å². The minimum Gasteiger partial charge on any atom is -0.508 e. The molecule has 120 valence electrons. The van der Waals surface area contributed by atoms with Crippen molar-refractivity contribution in [1.82, 2.24) is 5.32 Å². The van der Waals surface area contributed by atoms with Crippen molar-refractivity contribution in [3.8, 4) is 5.75 Å². The van der Waals surface area contributed by atoms with Gasteiger partial charge in [0.1, 0.15) is 23.9 Å². The van der Waals surface area contributed by atoms with E-state index in [1.54, 1.807) is 54.6 Å². The van der Waals surface area contributed by atoms with Gasteiger partial charge in [-0.1, -0.05) is 35.5 Å². The van der Waals surface area contributed by atoms with Gasteiger partial charge in [-0.3, -0.25) is 0 Å². The van der Waals surface area contributed by atoms with Crippen LogP contribution in [-0.4, -0.2) is 31.0 Å². The van der Waals surface area contributed by atoms with Gasteiger partial charge in [0.05, 0.1) is 0 Å². The number of hydrogen-bond acceptors (Lipinski definition) is 4. The highest BCUT2D eigenvalue weighted by Crippen LogP contribution is 2.13. The minimum atomic E-state index is -0.362. The molecule has 2 aromatic rings. The highest BCUT2D eigenvalue weighted by atomic mass is 19.1. The molecule has 0 saturated carbocycles. The summed E-state index contributed by atoms with van der Waals surface area (Å²) in [4.78, 5) is 5.22. The molecule has 0 aliphatic heterocycles. The van der Waals surface area contributed by atoms with E-state index in [9.17, 15) is 9.50 Å². The Labute approximate surface area is 134 Å². The standard InChI is InChI=1S/C18H19FN2O2/c1-20-12-13-23-21-18(16-4-2-3-5-17(16)19)11-8-14-6-9-15(22)10-7-14/h2-11,20,22H,12-13H2,1H3. The number of allylic oxidation sites excluding steroid dienone is 1. The van der Waals surface area contributed by atoms with Gasteiger partial charge in [-0.15, -0.1) is 0 Å². The smallest absolute Gasteiger partial charge is 0.132 e. The summed E-state index contributed by atoms with van der Waals surface area (Å²) >= 11 is 0. The van der Waals surface area contributed by atoms with Crippen molar-refractivity contribution in [2.75, 3.05) is 20.2 Å². The van der Waals surface area contributed by atoms with Crippen molar-refractivity contribution in [3.05, 3.63) is 71.6 Å². The van der Waals surface area contributed by atoms with Crippen molar-refractivity contribution in [2.45, 2.75) is 0 Å². The molecule has 0 aromatic heterocycles. The van der Waals surface area contributed by atoms with E-state index < -0.39 is 0 Å². The van der Waals surface area contributed by atoms with E-state index in [1.807, 2.05) is 7.05 Å². The molecule has 2 N–H and O–H groups in total. The molecule has 4 nitrogen and oxygen atoms in total. The van der Waals surface area contributed by atoms with E-state index in [-0.39, 0.29) is 11.6 Å². The molecule has 2 aromatic carbocycles. The summed E-state index contributed by atoms with van der Waals surface area (Å²) in [5.41, 5.74) is 1.63. The summed E-state index contributed by atoms with van der Waals surface area (Å²) in [6.45, 7) is 1.04. The third-order valence-electron chi connectivity index (χ3n) is 3.08. The van der Waals surface area contributed by atoms with Crippen LogP contribution in [0.1, 0.15) is 11.1 Å². The first-order chi connectivity index (χ1) is 11.2. The number of hydrogen-bond donors (Lipinski definition) is 2. The number of oxime groups is 1. The molecule has 2 rings (SSSR count). The average Bonchev–Trinajstić information content (AvgIpc) is 2.57. The lowest BCUT2D eigenvalue weighted by Crippen LogP contribution is -2.13. The monoisotopic (exact) mass is 314 g/mol. The summed E-state index contributed by atoms with van der Waals surface area (Å²) in [5.74, 6) is -0.167. The van der Waals surface area contributed by atoms with Crippen molar-refractivity contribution >= 4 is 11.8 Å². The van der Waals surface area contributed by atoms with Crippen LogP contribution in [0.4, 0.5) is 4.39 Å². The van der Waals surface area contributed by atoms with Gasteiger partial charge in [0.15, 0.2) is 0 Å². The fourth-order valence-electron chi connectivity index (χ4n) is 1.86. The molecular formula is C18H19FN2O2. The van der Waals surface area contributed by atoms with Gasteiger partial charge in [0.2, 0.25) is 0 Å². The zero-order chi connectivity index (χ0) is 16.5. The molecule has 0 spiro atoms. The number of aromatic hydroxyl groups is 1. The second-order valence-electron chi connectivity index (χ2n) is 4.82. The molecule has 0 saturated heterocycles. The Morgan fingerprint density at radius 2 is 1.96 bits per heavy atom. The summed E-state index contributed by atoms with van der Waals surface area (Å²) in [5, 5.41) is 16.3. The molecule has 0 unspecified atom stereocenters. The molecule has 0 bridgehead atoms. The van der Waals surface area contributed by atoms with Crippen molar-refractivity contribution in [3.63, 3.8) is 0 Å². The quantitative estimate of drug-likeness (QED) is 0.469. The highest BCUT2D eigenvalue weighted by molar-refractivity contribution is 6.10. The van der Waals surface area contributed by atoms with E-state index in [4.69, 9.17) is 4.84 Å². The van der Waals surface area contributed by atoms with Gasteiger partial charge in [-0.05, 0) is 43.0 Å². The maximum absolute atomic E-state index is 14.0. The largest absolute Gasteiger partial charge is 0.508 e. The van der Waals surface area contributed by atoms with Crippen LogP contribution >= 0.6 is 0 Å². The third-order valence-corrected chi connectivity index (χ3v) is 3.08. The summed E-state index contributed by atoms with van der Waals surface area (Å²) in [7, 11) is 1.82. The van der Waals surface area contributed by atoms with Gasteiger partial charge in [-0.25, -0.2) is 4.39 Å². The summed E-state index contributed by atoms with van der Waals surface area (Å²) < 4.78 is 14.0. The summed E-state index contributed by atoms with van der Waals surface area (Å²) in [6.07, 6.45) is 3.47. The number of phenols is 1. The molecule has 23 heavy (non-hydrogen) atoms. The van der Waals surface area contributed by atoms with Crippen LogP contribution in [0.25, 0.3) is 6.08 Å². The van der Waals surface area contributed by atoms with Gasteiger partial charge in [0, 0.05) is 12.1 Å². The molecule has 0 heterocycles. The van der Waals surface area contributed by atoms with Gasteiger partial charge < -0.3 is 15.3 Å². The van der Waals surface area contributed by atoms with Gasteiger partial charge in [0.25, 0.3) is 0 Å². The van der Waals surface area contributed by atoms with Crippen molar-refractivity contribution < 1.29 is 14.3 Å². The first-order valence-electron chi connectivity index (χ1n) is 7.27. The van der Waals surface area contributed by atoms with Crippen molar-refractivity contribution in [2.24, 2.45) is 5.16 Å². The Hall–Kier alpha value is -2.66. The van der Waals surface area contributed by atoms with Gasteiger partial charge >= 0.3 is 0 Å². The van der Waals surface area contributed by atoms with E-state index in [0.29, 0.717) is 24.4 Å². The molecule has 0 atom stereocenters. The number of rotatable bonds is 7. The first-order valence-corrected chi connectivity index (χ1v) is 7.27. The van der Waals surface area contributed by atoms with Crippen LogP contribution in [0, 0.1) is 5.82 Å². The lowest BCUT2D eigenvalue weighted by molar-refractivity contribution is 0.148. The highest BCUT2D eigenvalue weighted by Gasteiger charge is 2.07. The van der Waals surface area contributed by atoms with Gasteiger partial charge in [-0.2, -0.15) is 0 Å². The lowest BCUT2D eigenvalue weighted by atomic mass is 10.1. The van der Waals surface area contributed by atoms with Crippen LogP contribution in [0.5, 0.6) is 5.75 Å². The number of nitrogens with zero attached hydrogens (tertiary/aromatic N) is 1. The first kappa shape index (κ1) is 16.7. The molecule has 0 amide bonds. The second kappa shape index (κ2) is 8.70. The Morgan fingerprint density at radius 1 is 1.22 bits per heavy atom. The number of phenolic OH excluding ortho intramolecular Hbond substituents is 1. The molecule has 5 heteroatoms. The zero-order valence-corrected chi connectivity index (χ0v) is 12.9. The normalized spacial score (nSPS) is 11.8. The number of likely N-dealkylation sites (N-methyl/N-ethyl adjacent to an activating group) is 1. The Morgan fingerprint density at radius 3 is 2.65 bits per heavy atom. The maximum atomic E-state index is 14.0. The topological polar surface area (TPSA) is 53.8 Å². The fourth-order valence-corrected chi connectivity index (χ4v) is 1.86.